The molecule has 0 aliphatic heterocycles. The minimum Gasteiger partial charge on any atom is -0.492 e. The molecule has 2 aromatic carbocycles. The quantitative estimate of drug-likeness (QED) is 0.600. The zero-order valence-corrected chi connectivity index (χ0v) is 17.5. The second-order valence-electron chi connectivity index (χ2n) is 6.56. The van der Waals surface area contributed by atoms with E-state index < -0.39 is 6.04 Å². The summed E-state index contributed by atoms with van der Waals surface area (Å²) in [6, 6.07) is 14.3. The highest BCUT2D eigenvalue weighted by molar-refractivity contribution is 7.98. The van der Waals surface area contributed by atoms with Crippen LogP contribution in [0, 0.1) is 13.8 Å². The first-order chi connectivity index (χ1) is 13.5. The van der Waals surface area contributed by atoms with Gasteiger partial charge in [-0.1, -0.05) is 24.3 Å². The molecule has 0 aliphatic carbocycles. The van der Waals surface area contributed by atoms with Crippen LogP contribution in [-0.4, -0.2) is 43.0 Å². The second-order valence-corrected chi connectivity index (χ2v) is 7.54. The maximum Gasteiger partial charge on any atom is 0.251 e. The van der Waals surface area contributed by atoms with Crippen molar-refractivity contribution in [3.63, 3.8) is 0 Å². The molecule has 0 bridgehead atoms. The predicted molar refractivity (Wildman–Crippen MR) is 115 cm³/mol. The van der Waals surface area contributed by atoms with Crippen molar-refractivity contribution in [1.29, 1.82) is 0 Å². The fourth-order valence-electron chi connectivity index (χ4n) is 2.61. The summed E-state index contributed by atoms with van der Waals surface area (Å²) in [5, 5.41) is 5.69. The molecule has 150 valence electrons. The van der Waals surface area contributed by atoms with Crippen molar-refractivity contribution < 1.29 is 14.3 Å². The number of benzene rings is 2. The number of amides is 2. The molecule has 5 nitrogen and oxygen atoms in total. The molecule has 0 unspecified atom stereocenters. The fraction of sp³-hybridized carbons (Fsp3) is 0.364. The van der Waals surface area contributed by atoms with Crippen LogP contribution in [0.15, 0.2) is 48.5 Å². The van der Waals surface area contributed by atoms with E-state index in [1.165, 1.54) is 11.1 Å². The molecule has 0 aromatic heterocycles. The number of hydrogen-bond donors (Lipinski definition) is 2. The van der Waals surface area contributed by atoms with Gasteiger partial charge in [-0.3, -0.25) is 9.59 Å². The molecular formula is C22H28N2O3S. The van der Waals surface area contributed by atoms with E-state index in [0.717, 1.165) is 11.5 Å². The van der Waals surface area contributed by atoms with Crippen molar-refractivity contribution in [1.82, 2.24) is 10.6 Å². The smallest absolute Gasteiger partial charge is 0.251 e. The van der Waals surface area contributed by atoms with Gasteiger partial charge in [0.05, 0.1) is 6.54 Å². The second kappa shape index (κ2) is 11.4. The first-order valence-electron chi connectivity index (χ1n) is 9.34. The van der Waals surface area contributed by atoms with Gasteiger partial charge >= 0.3 is 0 Å². The van der Waals surface area contributed by atoms with Gasteiger partial charge in [-0.2, -0.15) is 11.8 Å². The highest BCUT2D eigenvalue weighted by Gasteiger charge is 2.20. The molecule has 2 amide bonds. The SMILES string of the molecule is CSCC[C@H](NC(=O)c1ccccc1)C(=O)NCCOc1ccc(C)c(C)c1. The first kappa shape index (κ1) is 21.8. The summed E-state index contributed by atoms with van der Waals surface area (Å²) in [5.41, 5.74) is 2.93. The van der Waals surface area contributed by atoms with Gasteiger partial charge in [0, 0.05) is 5.56 Å². The van der Waals surface area contributed by atoms with E-state index >= 15 is 0 Å². The van der Waals surface area contributed by atoms with Crippen molar-refractivity contribution in [2.24, 2.45) is 0 Å². The minimum atomic E-state index is -0.568. The average molecular weight is 401 g/mol. The Morgan fingerprint density at radius 2 is 1.82 bits per heavy atom. The van der Waals surface area contributed by atoms with E-state index in [4.69, 9.17) is 4.74 Å². The summed E-state index contributed by atoms with van der Waals surface area (Å²) in [6.45, 7) is 4.84. The molecule has 0 heterocycles. The molecule has 0 aliphatic rings. The topological polar surface area (TPSA) is 67.4 Å². The summed E-state index contributed by atoms with van der Waals surface area (Å²) in [4.78, 5) is 24.9. The van der Waals surface area contributed by atoms with Crippen molar-refractivity contribution in [2.45, 2.75) is 26.3 Å². The van der Waals surface area contributed by atoms with Gasteiger partial charge in [-0.25, -0.2) is 0 Å². The lowest BCUT2D eigenvalue weighted by atomic mass is 10.1. The highest BCUT2D eigenvalue weighted by atomic mass is 32.2. The van der Waals surface area contributed by atoms with Crippen LogP contribution in [0.5, 0.6) is 5.75 Å². The van der Waals surface area contributed by atoms with Gasteiger partial charge in [0.25, 0.3) is 5.91 Å². The Hall–Kier alpha value is -2.47. The Kier molecular flexibility index (Phi) is 8.88. The van der Waals surface area contributed by atoms with E-state index in [2.05, 4.69) is 17.6 Å². The Bertz CT molecular complexity index is 781. The van der Waals surface area contributed by atoms with Gasteiger partial charge in [-0.05, 0) is 67.7 Å². The molecule has 1 atom stereocenters. The summed E-state index contributed by atoms with van der Waals surface area (Å²) in [5.74, 6) is 1.13. The molecular weight excluding hydrogens is 372 g/mol. The molecule has 0 saturated heterocycles. The van der Waals surface area contributed by atoms with Gasteiger partial charge in [-0.15, -0.1) is 0 Å². The highest BCUT2D eigenvalue weighted by Crippen LogP contribution is 2.16. The normalized spacial score (nSPS) is 11.5. The largest absolute Gasteiger partial charge is 0.492 e. The third kappa shape index (κ3) is 6.93. The molecule has 2 N–H and O–H groups in total. The monoisotopic (exact) mass is 400 g/mol. The lowest BCUT2D eigenvalue weighted by Crippen LogP contribution is -2.47. The third-order valence-corrected chi connectivity index (χ3v) is 5.06. The Labute approximate surface area is 171 Å². The summed E-state index contributed by atoms with van der Waals surface area (Å²) < 4.78 is 5.70. The van der Waals surface area contributed by atoms with Crippen LogP contribution in [-0.2, 0) is 4.79 Å². The standard InChI is InChI=1S/C22H28N2O3S/c1-16-9-10-19(15-17(16)2)27-13-12-23-22(26)20(11-14-28-3)24-21(25)18-7-5-4-6-8-18/h4-10,15,20H,11-14H2,1-3H3,(H,23,26)(H,24,25)/t20-/m0/s1. The number of ether oxygens (including phenoxy) is 1. The van der Waals surface area contributed by atoms with Crippen molar-refractivity contribution >= 4 is 23.6 Å². The molecule has 0 radical (unpaired) electrons. The maximum atomic E-state index is 12.5. The number of rotatable bonds is 10. The van der Waals surface area contributed by atoms with Crippen LogP contribution in [0.4, 0.5) is 0 Å². The maximum absolute atomic E-state index is 12.5. The lowest BCUT2D eigenvalue weighted by molar-refractivity contribution is -0.123. The van der Waals surface area contributed by atoms with Crippen molar-refractivity contribution in [3.8, 4) is 5.75 Å². The molecule has 0 saturated carbocycles. The number of carbonyl (C=O) groups excluding carboxylic acids is 2. The van der Waals surface area contributed by atoms with Gasteiger partial charge in [0.2, 0.25) is 5.91 Å². The van der Waals surface area contributed by atoms with Crippen LogP contribution < -0.4 is 15.4 Å². The van der Waals surface area contributed by atoms with Crippen LogP contribution in [0.1, 0.15) is 27.9 Å². The predicted octanol–water partition coefficient (Wildman–Crippen LogP) is 3.35. The van der Waals surface area contributed by atoms with Crippen LogP contribution in [0.2, 0.25) is 0 Å². The minimum absolute atomic E-state index is 0.193. The van der Waals surface area contributed by atoms with E-state index in [9.17, 15) is 9.59 Å². The van der Waals surface area contributed by atoms with E-state index in [1.807, 2.05) is 37.4 Å². The fourth-order valence-corrected chi connectivity index (χ4v) is 3.08. The zero-order valence-electron chi connectivity index (χ0n) is 16.7. The van der Waals surface area contributed by atoms with Crippen LogP contribution >= 0.6 is 11.8 Å². The van der Waals surface area contributed by atoms with Gasteiger partial charge in [0.15, 0.2) is 0 Å². The summed E-state index contributed by atoms with van der Waals surface area (Å²) >= 11 is 1.64. The first-order valence-corrected chi connectivity index (χ1v) is 10.7. The van der Waals surface area contributed by atoms with Gasteiger partial charge < -0.3 is 15.4 Å². The Morgan fingerprint density at radius 3 is 2.50 bits per heavy atom. The number of thioether (sulfide) groups is 1. The molecule has 2 aromatic rings. The van der Waals surface area contributed by atoms with Crippen LogP contribution in [0.25, 0.3) is 0 Å². The summed E-state index contributed by atoms with van der Waals surface area (Å²) in [6.07, 6.45) is 2.55. The number of aryl methyl sites for hydroxylation is 2. The number of nitrogens with one attached hydrogen (secondary N) is 2. The lowest BCUT2D eigenvalue weighted by Gasteiger charge is -2.18. The number of hydrogen-bond acceptors (Lipinski definition) is 4. The average Bonchev–Trinajstić information content (AvgIpc) is 2.71. The molecule has 2 rings (SSSR count). The van der Waals surface area contributed by atoms with Crippen molar-refractivity contribution in [2.75, 3.05) is 25.2 Å². The number of carbonyl (C=O) groups is 2. The van der Waals surface area contributed by atoms with Crippen molar-refractivity contribution in [3.05, 3.63) is 65.2 Å². The molecule has 6 heteroatoms. The van der Waals surface area contributed by atoms with E-state index in [-0.39, 0.29) is 11.8 Å². The van der Waals surface area contributed by atoms with Crippen LogP contribution in [0.3, 0.4) is 0 Å². The van der Waals surface area contributed by atoms with E-state index in [0.29, 0.717) is 25.1 Å². The van der Waals surface area contributed by atoms with E-state index in [1.54, 1.807) is 36.0 Å². The molecule has 0 fully saturated rings. The molecule has 0 spiro atoms. The zero-order chi connectivity index (χ0) is 20.4. The third-order valence-electron chi connectivity index (χ3n) is 4.42. The molecule has 28 heavy (non-hydrogen) atoms. The summed E-state index contributed by atoms with van der Waals surface area (Å²) in [7, 11) is 0. The Balaban J connectivity index is 1.84. The Morgan fingerprint density at radius 1 is 1.07 bits per heavy atom. The van der Waals surface area contributed by atoms with Gasteiger partial charge in [0.1, 0.15) is 18.4 Å².